The normalized spacial score (nSPS) is 22.2. The molecule has 0 unspecified atom stereocenters. The first kappa shape index (κ1) is 4.67. The van der Waals surface area contributed by atoms with Crippen LogP contribution in [0.2, 0.25) is 0 Å². The third kappa shape index (κ3) is 0.630. The monoisotopic (exact) mass is 122 g/mol. The van der Waals surface area contributed by atoms with Crippen LogP contribution >= 0.6 is 0 Å². The molecule has 4 heteroatoms. The van der Waals surface area contributed by atoms with Crippen LogP contribution in [-0.2, 0) is 0 Å². The molecule has 2 aliphatic rings. The maximum atomic E-state index is 4.02. The second-order valence-electron chi connectivity index (χ2n) is 1.93. The second-order valence-corrected chi connectivity index (χ2v) is 1.93. The molecule has 0 radical (unpaired) electrons. The fraction of sp³-hybridized carbons (Fsp3) is 0.400. The quantitative estimate of drug-likeness (QED) is 0.436. The lowest BCUT2D eigenvalue weighted by Gasteiger charge is -2.15. The van der Waals surface area contributed by atoms with E-state index in [1.54, 1.807) is 12.4 Å². The van der Waals surface area contributed by atoms with Crippen molar-refractivity contribution in [3.05, 3.63) is 0 Å². The van der Waals surface area contributed by atoms with E-state index in [0.717, 1.165) is 19.0 Å². The molecule has 0 aliphatic carbocycles. The van der Waals surface area contributed by atoms with Gasteiger partial charge < -0.3 is 4.90 Å². The summed E-state index contributed by atoms with van der Waals surface area (Å²) in [7, 11) is 0. The molecule has 0 fully saturated rings. The van der Waals surface area contributed by atoms with Crippen molar-refractivity contribution >= 4 is 18.3 Å². The minimum absolute atomic E-state index is 0.741. The average Bonchev–Trinajstić information content (AvgIpc) is 2.33. The smallest absolute Gasteiger partial charge is 0.171 e. The predicted octanol–water partition coefficient (Wildman–Crippen LogP) is -0.272. The van der Waals surface area contributed by atoms with Crippen LogP contribution in [0.25, 0.3) is 0 Å². The summed E-state index contributed by atoms with van der Waals surface area (Å²) in [5.41, 5.74) is 0. The Balaban J connectivity index is 2.31. The van der Waals surface area contributed by atoms with Gasteiger partial charge in [-0.05, 0) is 0 Å². The lowest BCUT2D eigenvalue weighted by molar-refractivity contribution is 0.508. The van der Waals surface area contributed by atoms with Gasteiger partial charge in [0, 0.05) is 6.21 Å². The largest absolute Gasteiger partial charge is 0.329 e. The SMILES string of the molecule is C1=NCN2CC=NN=C12. The third-order valence-corrected chi connectivity index (χ3v) is 1.33. The van der Waals surface area contributed by atoms with Gasteiger partial charge in [0.15, 0.2) is 5.84 Å². The number of nitrogens with zero attached hydrogens (tertiary/aromatic N) is 4. The Hall–Kier alpha value is -1.19. The Labute approximate surface area is 52.6 Å². The molecule has 0 spiro atoms. The van der Waals surface area contributed by atoms with Crippen molar-refractivity contribution in [2.75, 3.05) is 13.2 Å². The zero-order valence-electron chi connectivity index (χ0n) is 4.86. The molecule has 0 aromatic carbocycles. The van der Waals surface area contributed by atoms with Gasteiger partial charge in [-0.1, -0.05) is 0 Å². The maximum Gasteiger partial charge on any atom is 0.171 e. The minimum Gasteiger partial charge on any atom is -0.329 e. The van der Waals surface area contributed by atoms with Crippen LogP contribution in [0.15, 0.2) is 15.2 Å². The summed E-state index contributed by atoms with van der Waals surface area (Å²) in [4.78, 5) is 6.07. The highest BCUT2D eigenvalue weighted by Gasteiger charge is 2.14. The van der Waals surface area contributed by atoms with Crippen LogP contribution in [0.4, 0.5) is 0 Å². The van der Waals surface area contributed by atoms with E-state index in [1.165, 1.54) is 0 Å². The van der Waals surface area contributed by atoms with E-state index in [-0.39, 0.29) is 0 Å². The standard InChI is InChI=1S/C5H6N4/c1-2-9-4-6-3-5(9)8-7-1/h1,3H,2,4H2. The van der Waals surface area contributed by atoms with Crippen LogP contribution in [0, 0.1) is 0 Å². The van der Waals surface area contributed by atoms with Crippen molar-refractivity contribution < 1.29 is 0 Å². The van der Waals surface area contributed by atoms with Crippen LogP contribution in [-0.4, -0.2) is 36.4 Å². The highest BCUT2D eigenvalue weighted by atomic mass is 15.4. The summed E-state index contributed by atoms with van der Waals surface area (Å²) >= 11 is 0. The Morgan fingerprint density at radius 3 is 3.44 bits per heavy atom. The minimum atomic E-state index is 0.741. The van der Waals surface area contributed by atoms with E-state index in [1.807, 2.05) is 4.90 Å². The van der Waals surface area contributed by atoms with Crippen molar-refractivity contribution in [1.29, 1.82) is 0 Å². The summed E-state index contributed by atoms with van der Waals surface area (Å²) in [6.45, 7) is 1.59. The summed E-state index contributed by atoms with van der Waals surface area (Å²) in [6, 6.07) is 0. The van der Waals surface area contributed by atoms with Gasteiger partial charge in [-0.25, -0.2) is 0 Å². The van der Waals surface area contributed by atoms with Crippen molar-refractivity contribution in [1.82, 2.24) is 4.90 Å². The first-order chi connectivity index (χ1) is 4.47. The molecule has 0 bridgehead atoms. The van der Waals surface area contributed by atoms with Crippen molar-refractivity contribution in [2.24, 2.45) is 15.2 Å². The summed E-state index contributed by atoms with van der Waals surface area (Å²) in [5, 5.41) is 7.60. The first-order valence-corrected chi connectivity index (χ1v) is 2.81. The molecule has 46 valence electrons. The molecule has 4 nitrogen and oxygen atoms in total. The fourth-order valence-corrected chi connectivity index (χ4v) is 0.851. The van der Waals surface area contributed by atoms with Gasteiger partial charge in [0.05, 0.1) is 12.8 Å². The van der Waals surface area contributed by atoms with Gasteiger partial charge in [-0.3, -0.25) is 4.99 Å². The van der Waals surface area contributed by atoms with Gasteiger partial charge in [0.1, 0.15) is 6.67 Å². The van der Waals surface area contributed by atoms with Gasteiger partial charge in [-0.15, -0.1) is 5.10 Å². The van der Waals surface area contributed by atoms with Crippen molar-refractivity contribution in [3.63, 3.8) is 0 Å². The van der Waals surface area contributed by atoms with Gasteiger partial charge in [-0.2, -0.15) is 5.10 Å². The molecule has 2 rings (SSSR count). The van der Waals surface area contributed by atoms with Crippen LogP contribution in [0.1, 0.15) is 0 Å². The van der Waals surface area contributed by atoms with E-state index >= 15 is 0 Å². The Bertz CT molecular complexity index is 203. The number of rotatable bonds is 0. The summed E-state index contributed by atoms with van der Waals surface area (Å²) in [6.07, 6.45) is 3.52. The lowest BCUT2D eigenvalue weighted by Crippen LogP contribution is -2.30. The topological polar surface area (TPSA) is 40.3 Å². The average molecular weight is 122 g/mol. The second kappa shape index (κ2) is 1.65. The van der Waals surface area contributed by atoms with E-state index in [4.69, 9.17) is 0 Å². The Kier molecular flexibility index (Phi) is 0.855. The molecule has 0 N–H and O–H groups in total. The van der Waals surface area contributed by atoms with E-state index in [9.17, 15) is 0 Å². The molecular weight excluding hydrogens is 116 g/mol. The molecule has 0 saturated carbocycles. The van der Waals surface area contributed by atoms with E-state index in [2.05, 4.69) is 15.2 Å². The molecule has 2 aliphatic heterocycles. The predicted molar refractivity (Wildman–Crippen MR) is 36.0 cm³/mol. The molecule has 0 atom stereocenters. The molecule has 9 heavy (non-hydrogen) atoms. The zero-order valence-corrected chi connectivity index (χ0v) is 4.86. The maximum absolute atomic E-state index is 4.02. The first-order valence-electron chi connectivity index (χ1n) is 2.81. The molecule has 0 aromatic rings. The highest BCUT2D eigenvalue weighted by Crippen LogP contribution is 2.00. The lowest BCUT2D eigenvalue weighted by atomic mass is 10.5. The molecular formula is C5H6N4. The Morgan fingerprint density at radius 2 is 2.56 bits per heavy atom. The van der Waals surface area contributed by atoms with E-state index < -0.39 is 0 Å². The number of fused-ring (bicyclic) bond motifs is 1. The van der Waals surface area contributed by atoms with E-state index in [0.29, 0.717) is 0 Å². The number of hydrogen-bond donors (Lipinski definition) is 0. The van der Waals surface area contributed by atoms with Crippen molar-refractivity contribution in [3.8, 4) is 0 Å². The van der Waals surface area contributed by atoms with Crippen LogP contribution < -0.4 is 0 Å². The fourth-order valence-electron chi connectivity index (χ4n) is 0.851. The third-order valence-electron chi connectivity index (χ3n) is 1.33. The van der Waals surface area contributed by atoms with Gasteiger partial charge in [0.25, 0.3) is 0 Å². The Morgan fingerprint density at radius 1 is 1.56 bits per heavy atom. The summed E-state index contributed by atoms with van der Waals surface area (Å²) in [5.74, 6) is 0.887. The number of amidine groups is 1. The number of aliphatic imine (C=N–C) groups is 1. The summed E-state index contributed by atoms with van der Waals surface area (Å²) < 4.78 is 0. The van der Waals surface area contributed by atoms with Crippen molar-refractivity contribution in [2.45, 2.75) is 0 Å². The molecule has 0 aromatic heterocycles. The van der Waals surface area contributed by atoms with Crippen LogP contribution in [0.3, 0.4) is 0 Å². The van der Waals surface area contributed by atoms with Gasteiger partial charge >= 0.3 is 0 Å². The van der Waals surface area contributed by atoms with Crippen LogP contribution in [0.5, 0.6) is 0 Å². The molecule has 0 saturated heterocycles. The molecule has 0 amide bonds. The number of hydrogen-bond acceptors (Lipinski definition) is 4. The van der Waals surface area contributed by atoms with Gasteiger partial charge in [0.2, 0.25) is 0 Å². The zero-order chi connectivity index (χ0) is 6.10. The highest BCUT2D eigenvalue weighted by molar-refractivity contribution is 6.31. The molecule has 2 heterocycles.